The SMILES string of the molecule is CCC(C)C(NC(=O)c1ccc(OC)cc1)C(=O)Nc1nnc(-c2ccc(OC)cc2)s1. The first-order valence-corrected chi connectivity index (χ1v) is 11.0. The molecule has 0 saturated carbocycles. The zero-order valence-electron chi connectivity index (χ0n) is 18.4. The number of aromatic nitrogens is 2. The average molecular weight is 455 g/mol. The number of nitrogens with zero attached hydrogens (tertiary/aromatic N) is 2. The van der Waals surface area contributed by atoms with Gasteiger partial charge in [-0.3, -0.25) is 14.9 Å². The molecule has 3 aromatic rings. The Kier molecular flexibility index (Phi) is 7.77. The van der Waals surface area contributed by atoms with Crippen LogP contribution in [-0.2, 0) is 4.79 Å². The maximum Gasteiger partial charge on any atom is 0.251 e. The van der Waals surface area contributed by atoms with Gasteiger partial charge in [0.05, 0.1) is 14.2 Å². The minimum Gasteiger partial charge on any atom is -0.497 e. The van der Waals surface area contributed by atoms with Crippen molar-refractivity contribution in [3.05, 3.63) is 54.1 Å². The summed E-state index contributed by atoms with van der Waals surface area (Å²) in [5.74, 6) is 0.659. The summed E-state index contributed by atoms with van der Waals surface area (Å²) in [5, 5.41) is 14.9. The molecule has 9 heteroatoms. The third-order valence-electron chi connectivity index (χ3n) is 5.13. The lowest BCUT2D eigenvalue weighted by Crippen LogP contribution is -2.47. The zero-order chi connectivity index (χ0) is 23.1. The van der Waals surface area contributed by atoms with Gasteiger partial charge in [0.2, 0.25) is 11.0 Å². The van der Waals surface area contributed by atoms with Crippen LogP contribution in [0.25, 0.3) is 10.6 Å². The summed E-state index contributed by atoms with van der Waals surface area (Å²) in [6.07, 6.45) is 0.716. The molecule has 0 radical (unpaired) electrons. The van der Waals surface area contributed by atoms with E-state index in [1.807, 2.05) is 38.1 Å². The van der Waals surface area contributed by atoms with Crippen molar-refractivity contribution in [2.75, 3.05) is 19.5 Å². The summed E-state index contributed by atoms with van der Waals surface area (Å²) in [4.78, 5) is 25.7. The van der Waals surface area contributed by atoms with E-state index in [4.69, 9.17) is 9.47 Å². The van der Waals surface area contributed by atoms with Crippen LogP contribution in [0.1, 0.15) is 30.6 Å². The van der Waals surface area contributed by atoms with Gasteiger partial charge in [0.1, 0.15) is 22.5 Å². The normalized spacial score (nSPS) is 12.5. The molecule has 2 unspecified atom stereocenters. The number of hydrogen-bond acceptors (Lipinski definition) is 7. The highest BCUT2D eigenvalue weighted by Crippen LogP contribution is 2.28. The molecule has 168 valence electrons. The lowest BCUT2D eigenvalue weighted by atomic mass is 9.98. The monoisotopic (exact) mass is 454 g/mol. The van der Waals surface area contributed by atoms with Crippen LogP contribution in [0.15, 0.2) is 48.5 Å². The largest absolute Gasteiger partial charge is 0.497 e. The topological polar surface area (TPSA) is 102 Å². The van der Waals surface area contributed by atoms with Gasteiger partial charge in [-0.2, -0.15) is 0 Å². The molecule has 32 heavy (non-hydrogen) atoms. The Bertz CT molecular complexity index is 1050. The first kappa shape index (κ1) is 23.2. The fourth-order valence-electron chi connectivity index (χ4n) is 2.98. The Hall–Kier alpha value is -3.46. The molecule has 0 saturated heterocycles. The van der Waals surface area contributed by atoms with Crippen molar-refractivity contribution in [3.8, 4) is 22.1 Å². The van der Waals surface area contributed by atoms with Crippen LogP contribution >= 0.6 is 11.3 Å². The minimum absolute atomic E-state index is 0.0776. The van der Waals surface area contributed by atoms with Crippen molar-refractivity contribution in [3.63, 3.8) is 0 Å². The van der Waals surface area contributed by atoms with E-state index in [1.54, 1.807) is 38.5 Å². The molecule has 0 fully saturated rings. The van der Waals surface area contributed by atoms with E-state index >= 15 is 0 Å². The number of benzene rings is 2. The molecule has 2 atom stereocenters. The molecule has 0 aliphatic carbocycles. The summed E-state index contributed by atoms with van der Waals surface area (Å²) in [5.41, 5.74) is 1.32. The number of carbonyl (C=O) groups is 2. The second-order valence-electron chi connectivity index (χ2n) is 7.20. The molecule has 2 amide bonds. The molecule has 0 aliphatic heterocycles. The summed E-state index contributed by atoms with van der Waals surface area (Å²) < 4.78 is 10.3. The van der Waals surface area contributed by atoms with Gasteiger partial charge in [-0.05, 0) is 54.4 Å². The van der Waals surface area contributed by atoms with Crippen molar-refractivity contribution in [1.82, 2.24) is 15.5 Å². The third-order valence-corrected chi connectivity index (χ3v) is 6.01. The molecule has 1 aromatic heterocycles. The van der Waals surface area contributed by atoms with Gasteiger partial charge in [-0.25, -0.2) is 0 Å². The fraction of sp³-hybridized carbons (Fsp3) is 0.304. The molecule has 0 spiro atoms. The van der Waals surface area contributed by atoms with E-state index < -0.39 is 6.04 Å². The number of carbonyl (C=O) groups excluding carboxylic acids is 2. The van der Waals surface area contributed by atoms with Crippen LogP contribution in [0, 0.1) is 5.92 Å². The van der Waals surface area contributed by atoms with Crippen LogP contribution in [0.3, 0.4) is 0 Å². The van der Waals surface area contributed by atoms with Crippen molar-refractivity contribution in [2.24, 2.45) is 5.92 Å². The number of rotatable bonds is 9. The van der Waals surface area contributed by atoms with Crippen molar-refractivity contribution < 1.29 is 19.1 Å². The van der Waals surface area contributed by atoms with Gasteiger partial charge < -0.3 is 14.8 Å². The van der Waals surface area contributed by atoms with Crippen molar-refractivity contribution in [1.29, 1.82) is 0 Å². The molecule has 2 aromatic carbocycles. The van der Waals surface area contributed by atoms with E-state index in [9.17, 15) is 9.59 Å². The average Bonchev–Trinajstić information content (AvgIpc) is 3.30. The van der Waals surface area contributed by atoms with Gasteiger partial charge in [-0.15, -0.1) is 10.2 Å². The van der Waals surface area contributed by atoms with Crippen LogP contribution < -0.4 is 20.1 Å². The molecule has 3 rings (SSSR count). The highest BCUT2D eigenvalue weighted by molar-refractivity contribution is 7.18. The molecular formula is C23H26N4O4S. The van der Waals surface area contributed by atoms with E-state index in [1.165, 1.54) is 11.3 Å². The van der Waals surface area contributed by atoms with E-state index in [0.29, 0.717) is 27.9 Å². The smallest absolute Gasteiger partial charge is 0.251 e. The minimum atomic E-state index is -0.720. The maximum absolute atomic E-state index is 13.0. The van der Waals surface area contributed by atoms with Gasteiger partial charge in [0.15, 0.2) is 0 Å². The highest BCUT2D eigenvalue weighted by Gasteiger charge is 2.27. The molecule has 0 bridgehead atoms. The van der Waals surface area contributed by atoms with E-state index in [0.717, 1.165) is 11.3 Å². The maximum atomic E-state index is 13.0. The quantitative estimate of drug-likeness (QED) is 0.507. The summed E-state index contributed by atoms with van der Waals surface area (Å²) in [7, 11) is 3.17. The zero-order valence-corrected chi connectivity index (χ0v) is 19.2. The van der Waals surface area contributed by atoms with Gasteiger partial charge in [-0.1, -0.05) is 31.6 Å². The number of anilines is 1. The second-order valence-corrected chi connectivity index (χ2v) is 8.17. The first-order valence-electron chi connectivity index (χ1n) is 10.2. The summed E-state index contributed by atoms with van der Waals surface area (Å²) in [6, 6.07) is 13.4. The lowest BCUT2D eigenvalue weighted by Gasteiger charge is -2.23. The van der Waals surface area contributed by atoms with Crippen molar-refractivity contribution >= 4 is 28.3 Å². The van der Waals surface area contributed by atoms with E-state index in [-0.39, 0.29) is 17.7 Å². The molecule has 2 N–H and O–H groups in total. The molecule has 1 heterocycles. The Balaban J connectivity index is 1.70. The third kappa shape index (κ3) is 5.61. The highest BCUT2D eigenvalue weighted by atomic mass is 32.1. The second kappa shape index (κ2) is 10.7. The Morgan fingerprint density at radius 1 is 0.969 bits per heavy atom. The van der Waals surface area contributed by atoms with Crippen LogP contribution in [0.5, 0.6) is 11.5 Å². The number of hydrogen-bond donors (Lipinski definition) is 2. The Labute approximate surface area is 191 Å². The predicted molar refractivity (Wildman–Crippen MR) is 124 cm³/mol. The molecule has 8 nitrogen and oxygen atoms in total. The van der Waals surface area contributed by atoms with Crippen LogP contribution in [-0.4, -0.2) is 42.3 Å². The van der Waals surface area contributed by atoms with Gasteiger partial charge in [0.25, 0.3) is 5.91 Å². The van der Waals surface area contributed by atoms with Crippen LogP contribution in [0.4, 0.5) is 5.13 Å². The molecular weight excluding hydrogens is 428 g/mol. The number of methoxy groups -OCH3 is 2. The number of nitrogens with one attached hydrogen (secondary N) is 2. The number of amides is 2. The lowest BCUT2D eigenvalue weighted by molar-refractivity contribution is -0.119. The van der Waals surface area contributed by atoms with Gasteiger partial charge in [0, 0.05) is 11.1 Å². The van der Waals surface area contributed by atoms with E-state index in [2.05, 4.69) is 20.8 Å². The first-order chi connectivity index (χ1) is 15.4. The fourth-order valence-corrected chi connectivity index (χ4v) is 3.73. The standard InChI is InChI=1S/C23H26N4O4S/c1-5-14(2)19(24-20(28)15-6-10-17(30-3)11-7-15)21(29)25-23-27-26-22(32-23)16-8-12-18(31-4)13-9-16/h6-14,19H,5H2,1-4H3,(H,24,28)(H,25,27,29). The Morgan fingerprint density at radius 3 is 2.12 bits per heavy atom. The Morgan fingerprint density at radius 2 is 1.56 bits per heavy atom. The summed E-state index contributed by atoms with van der Waals surface area (Å²) >= 11 is 1.26. The predicted octanol–water partition coefficient (Wildman–Crippen LogP) is 4.01. The van der Waals surface area contributed by atoms with Gasteiger partial charge >= 0.3 is 0 Å². The number of ether oxygens (including phenoxy) is 2. The van der Waals surface area contributed by atoms with Crippen LogP contribution in [0.2, 0.25) is 0 Å². The van der Waals surface area contributed by atoms with Crippen molar-refractivity contribution in [2.45, 2.75) is 26.3 Å². The molecule has 0 aliphatic rings. The summed E-state index contributed by atoms with van der Waals surface area (Å²) in [6.45, 7) is 3.89.